The molecule has 3 N–H and O–H groups in total. The summed E-state index contributed by atoms with van der Waals surface area (Å²) in [4.78, 5) is 15.6. The zero-order valence-electron chi connectivity index (χ0n) is 10.7. The number of anilines is 2. The number of carbonyl (C=O) groups is 1. The molecule has 1 aliphatic rings. The number of carbonyl (C=O) groups excluding carboxylic acids is 1. The maximum atomic E-state index is 11.5. The molecule has 5 nitrogen and oxygen atoms in total. The standard InChI is InChI=1S/C13H20N4O/c1-2-5-15-11-6-12(8-14-7-11)16-9-13(18)17-10-3-4-10/h6-8,10,15-16H,2-5,9H2,1H3,(H,17,18). The molecule has 2 rings (SSSR count). The van der Waals surface area contributed by atoms with Crippen LogP contribution in [0.5, 0.6) is 0 Å². The Labute approximate surface area is 107 Å². The Hall–Kier alpha value is -1.78. The summed E-state index contributed by atoms with van der Waals surface area (Å²) in [6, 6.07) is 2.38. The Kier molecular flexibility index (Phi) is 4.39. The molecule has 5 heteroatoms. The third kappa shape index (κ3) is 4.24. The largest absolute Gasteiger partial charge is 0.384 e. The first kappa shape index (κ1) is 12.7. The van der Waals surface area contributed by atoms with Crippen LogP contribution in [0.15, 0.2) is 18.5 Å². The summed E-state index contributed by atoms with van der Waals surface area (Å²) in [7, 11) is 0. The summed E-state index contributed by atoms with van der Waals surface area (Å²) >= 11 is 0. The summed E-state index contributed by atoms with van der Waals surface area (Å²) in [5, 5.41) is 9.28. The lowest BCUT2D eigenvalue weighted by Gasteiger charge is -2.09. The van der Waals surface area contributed by atoms with Crippen molar-refractivity contribution < 1.29 is 4.79 Å². The van der Waals surface area contributed by atoms with Crippen LogP contribution in [-0.2, 0) is 4.79 Å². The number of aromatic nitrogens is 1. The Morgan fingerprint density at radius 2 is 2.06 bits per heavy atom. The fourth-order valence-corrected chi connectivity index (χ4v) is 1.59. The van der Waals surface area contributed by atoms with E-state index in [4.69, 9.17) is 0 Å². The van der Waals surface area contributed by atoms with Gasteiger partial charge in [-0.25, -0.2) is 0 Å². The van der Waals surface area contributed by atoms with Crippen molar-refractivity contribution in [1.82, 2.24) is 10.3 Å². The zero-order chi connectivity index (χ0) is 12.8. The molecule has 0 atom stereocenters. The molecule has 0 saturated heterocycles. The van der Waals surface area contributed by atoms with E-state index in [-0.39, 0.29) is 5.91 Å². The van der Waals surface area contributed by atoms with Gasteiger partial charge in [0.25, 0.3) is 0 Å². The molecule has 1 heterocycles. The van der Waals surface area contributed by atoms with Crippen molar-refractivity contribution in [1.29, 1.82) is 0 Å². The molecule has 0 radical (unpaired) electrons. The summed E-state index contributed by atoms with van der Waals surface area (Å²) in [5.74, 6) is 0.0458. The van der Waals surface area contributed by atoms with Gasteiger partial charge in [0.15, 0.2) is 0 Å². The van der Waals surface area contributed by atoms with Gasteiger partial charge >= 0.3 is 0 Å². The van der Waals surface area contributed by atoms with Gasteiger partial charge in [-0.15, -0.1) is 0 Å². The van der Waals surface area contributed by atoms with Gasteiger partial charge in [-0.3, -0.25) is 9.78 Å². The van der Waals surface area contributed by atoms with Crippen LogP contribution >= 0.6 is 0 Å². The first-order valence-corrected chi connectivity index (χ1v) is 6.50. The molecule has 0 bridgehead atoms. The molecule has 0 aromatic carbocycles. The molecular weight excluding hydrogens is 228 g/mol. The highest BCUT2D eigenvalue weighted by molar-refractivity contribution is 5.81. The zero-order valence-corrected chi connectivity index (χ0v) is 10.7. The second-order valence-electron chi connectivity index (χ2n) is 4.58. The number of nitrogens with zero attached hydrogens (tertiary/aromatic N) is 1. The van der Waals surface area contributed by atoms with Crippen LogP contribution in [0.4, 0.5) is 11.4 Å². The first-order chi connectivity index (χ1) is 8.78. The molecular formula is C13H20N4O. The second kappa shape index (κ2) is 6.23. The van der Waals surface area contributed by atoms with E-state index in [1.165, 1.54) is 0 Å². The average Bonchev–Trinajstić information content (AvgIpc) is 3.18. The van der Waals surface area contributed by atoms with Crippen molar-refractivity contribution in [2.45, 2.75) is 32.2 Å². The van der Waals surface area contributed by atoms with E-state index in [2.05, 4.69) is 27.9 Å². The fraction of sp³-hybridized carbons (Fsp3) is 0.538. The highest BCUT2D eigenvalue weighted by Crippen LogP contribution is 2.18. The van der Waals surface area contributed by atoms with Crippen molar-refractivity contribution in [2.75, 3.05) is 23.7 Å². The Balaban J connectivity index is 1.78. The van der Waals surface area contributed by atoms with Crippen LogP contribution in [0.2, 0.25) is 0 Å². The Morgan fingerprint density at radius 1 is 1.33 bits per heavy atom. The normalized spacial score (nSPS) is 14.1. The molecule has 1 fully saturated rings. The van der Waals surface area contributed by atoms with Crippen LogP contribution < -0.4 is 16.0 Å². The molecule has 0 unspecified atom stereocenters. The number of rotatable bonds is 7. The van der Waals surface area contributed by atoms with Crippen LogP contribution in [0.3, 0.4) is 0 Å². The number of hydrogen-bond donors (Lipinski definition) is 3. The Morgan fingerprint density at radius 3 is 2.72 bits per heavy atom. The third-order valence-electron chi connectivity index (χ3n) is 2.71. The topological polar surface area (TPSA) is 66.0 Å². The van der Waals surface area contributed by atoms with Gasteiger partial charge in [0.1, 0.15) is 0 Å². The number of pyridine rings is 1. The van der Waals surface area contributed by atoms with Gasteiger partial charge in [0.05, 0.1) is 30.3 Å². The molecule has 18 heavy (non-hydrogen) atoms. The maximum Gasteiger partial charge on any atom is 0.239 e. The number of nitrogens with one attached hydrogen (secondary N) is 3. The van der Waals surface area contributed by atoms with Crippen molar-refractivity contribution in [3.8, 4) is 0 Å². The van der Waals surface area contributed by atoms with Crippen molar-refractivity contribution in [3.63, 3.8) is 0 Å². The van der Waals surface area contributed by atoms with E-state index in [1.54, 1.807) is 12.4 Å². The van der Waals surface area contributed by atoms with E-state index < -0.39 is 0 Å². The predicted molar refractivity (Wildman–Crippen MR) is 72.7 cm³/mol. The maximum absolute atomic E-state index is 11.5. The van der Waals surface area contributed by atoms with Gasteiger partial charge in [-0.1, -0.05) is 6.92 Å². The highest BCUT2D eigenvalue weighted by Gasteiger charge is 2.22. The van der Waals surface area contributed by atoms with Gasteiger partial charge < -0.3 is 16.0 Å². The van der Waals surface area contributed by atoms with Crippen LogP contribution in [0.25, 0.3) is 0 Å². The monoisotopic (exact) mass is 248 g/mol. The van der Waals surface area contributed by atoms with E-state index in [9.17, 15) is 4.79 Å². The molecule has 0 spiro atoms. The predicted octanol–water partition coefficient (Wildman–Crippen LogP) is 1.59. The van der Waals surface area contributed by atoms with E-state index in [0.717, 1.165) is 37.2 Å². The lowest BCUT2D eigenvalue weighted by Crippen LogP contribution is -2.31. The van der Waals surface area contributed by atoms with E-state index in [1.807, 2.05) is 6.07 Å². The average molecular weight is 248 g/mol. The minimum Gasteiger partial charge on any atom is -0.384 e. The highest BCUT2D eigenvalue weighted by atomic mass is 16.2. The smallest absolute Gasteiger partial charge is 0.239 e. The molecule has 1 aliphatic carbocycles. The van der Waals surface area contributed by atoms with Gasteiger partial charge in [-0.2, -0.15) is 0 Å². The summed E-state index contributed by atoms with van der Waals surface area (Å²) in [5.41, 5.74) is 1.84. The summed E-state index contributed by atoms with van der Waals surface area (Å²) in [6.07, 6.45) is 6.81. The second-order valence-corrected chi connectivity index (χ2v) is 4.58. The summed E-state index contributed by atoms with van der Waals surface area (Å²) in [6.45, 7) is 3.34. The molecule has 1 saturated carbocycles. The summed E-state index contributed by atoms with van der Waals surface area (Å²) < 4.78 is 0. The molecule has 1 aromatic heterocycles. The molecule has 1 amide bonds. The SMILES string of the molecule is CCCNc1cncc(NCC(=O)NC2CC2)c1. The van der Waals surface area contributed by atoms with Crippen LogP contribution in [0, 0.1) is 0 Å². The Bertz CT molecular complexity index is 404. The lowest BCUT2D eigenvalue weighted by molar-refractivity contribution is -0.119. The van der Waals surface area contributed by atoms with Gasteiger partial charge in [-0.05, 0) is 25.3 Å². The molecule has 98 valence electrons. The van der Waals surface area contributed by atoms with Crippen molar-refractivity contribution in [2.24, 2.45) is 0 Å². The number of hydrogen-bond acceptors (Lipinski definition) is 4. The minimum absolute atomic E-state index is 0.0458. The van der Waals surface area contributed by atoms with Gasteiger partial charge in [0, 0.05) is 12.6 Å². The van der Waals surface area contributed by atoms with Crippen LogP contribution in [0.1, 0.15) is 26.2 Å². The van der Waals surface area contributed by atoms with E-state index >= 15 is 0 Å². The van der Waals surface area contributed by atoms with Crippen molar-refractivity contribution in [3.05, 3.63) is 18.5 Å². The lowest BCUT2D eigenvalue weighted by atomic mass is 10.3. The van der Waals surface area contributed by atoms with Gasteiger partial charge in [0.2, 0.25) is 5.91 Å². The fourth-order valence-electron chi connectivity index (χ4n) is 1.59. The minimum atomic E-state index is 0.0458. The molecule has 1 aromatic rings. The third-order valence-corrected chi connectivity index (χ3v) is 2.71. The van der Waals surface area contributed by atoms with E-state index in [0.29, 0.717) is 12.6 Å². The quantitative estimate of drug-likeness (QED) is 0.685. The first-order valence-electron chi connectivity index (χ1n) is 6.50. The van der Waals surface area contributed by atoms with Crippen LogP contribution in [-0.4, -0.2) is 30.0 Å². The number of amides is 1. The molecule has 0 aliphatic heterocycles. The van der Waals surface area contributed by atoms with Crippen molar-refractivity contribution >= 4 is 17.3 Å².